The molecule has 2 aliphatic rings. The first kappa shape index (κ1) is 19.8. The second kappa shape index (κ2) is 8.56. The van der Waals surface area contributed by atoms with E-state index in [1.54, 1.807) is 12.4 Å². The fourth-order valence-electron chi connectivity index (χ4n) is 4.30. The highest BCUT2D eigenvalue weighted by atomic mass is 32.1. The maximum Gasteiger partial charge on any atom is 0.282 e. The zero-order chi connectivity index (χ0) is 21.2. The van der Waals surface area contributed by atoms with Crippen LogP contribution in [0.5, 0.6) is 0 Å². The van der Waals surface area contributed by atoms with Crippen molar-refractivity contribution in [1.29, 1.82) is 0 Å². The van der Waals surface area contributed by atoms with Gasteiger partial charge < -0.3 is 9.80 Å². The third-order valence-corrected chi connectivity index (χ3v) is 6.74. The molecule has 5 rings (SSSR count). The maximum atomic E-state index is 12.8. The Morgan fingerprint density at radius 2 is 1.84 bits per heavy atom. The predicted molar refractivity (Wildman–Crippen MR) is 120 cm³/mol. The summed E-state index contributed by atoms with van der Waals surface area (Å²) in [5, 5.41) is 2.37. The molecule has 31 heavy (non-hydrogen) atoms. The Bertz CT molecular complexity index is 1060. The van der Waals surface area contributed by atoms with Gasteiger partial charge in [-0.05, 0) is 11.6 Å². The number of pyridine rings is 1. The number of rotatable bonds is 4. The summed E-state index contributed by atoms with van der Waals surface area (Å²) in [5.74, 6) is 0.126. The molecular formula is C23H23N5O2S. The lowest BCUT2D eigenvalue weighted by molar-refractivity contribution is -0.117. The molecule has 2 fully saturated rings. The van der Waals surface area contributed by atoms with E-state index >= 15 is 0 Å². The van der Waals surface area contributed by atoms with Crippen molar-refractivity contribution in [1.82, 2.24) is 19.8 Å². The van der Waals surface area contributed by atoms with Crippen LogP contribution in [0.4, 0.5) is 5.69 Å². The van der Waals surface area contributed by atoms with Gasteiger partial charge in [0.25, 0.3) is 5.91 Å². The number of amides is 2. The van der Waals surface area contributed by atoms with E-state index in [1.807, 2.05) is 57.8 Å². The lowest BCUT2D eigenvalue weighted by Crippen LogP contribution is -2.52. The van der Waals surface area contributed by atoms with Gasteiger partial charge in [-0.15, -0.1) is 11.3 Å². The zero-order valence-electron chi connectivity index (χ0n) is 17.1. The van der Waals surface area contributed by atoms with Crippen LogP contribution in [0.25, 0.3) is 11.1 Å². The van der Waals surface area contributed by atoms with Crippen LogP contribution < -0.4 is 4.90 Å². The standard InChI is InChI=1S/C23H23N5O2S/c29-21-13-20(26-7-9-27(10-8-26)23(30)22-25-6-11-31-22)16-28(21)19-12-18(14-24-15-19)17-4-2-1-3-5-17/h1-6,11-12,14-15,20H,7-10,13,16H2. The molecular weight excluding hydrogens is 410 g/mol. The van der Waals surface area contributed by atoms with Crippen LogP contribution in [0.15, 0.2) is 60.4 Å². The summed E-state index contributed by atoms with van der Waals surface area (Å²) in [6.45, 7) is 3.51. The molecule has 0 radical (unpaired) electrons. The van der Waals surface area contributed by atoms with E-state index in [2.05, 4.69) is 14.9 Å². The Morgan fingerprint density at radius 1 is 1.03 bits per heavy atom. The summed E-state index contributed by atoms with van der Waals surface area (Å²) < 4.78 is 0. The molecule has 1 atom stereocenters. The highest BCUT2D eigenvalue weighted by Crippen LogP contribution is 2.28. The van der Waals surface area contributed by atoms with Crippen LogP contribution in [-0.4, -0.2) is 70.3 Å². The molecule has 158 valence electrons. The largest absolute Gasteiger partial charge is 0.334 e. The number of nitrogens with zero attached hydrogens (tertiary/aromatic N) is 5. The van der Waals surface area contributed by atoms with E-state index in [9.17, 15) is 9.59 Å². The van der Waals surface area contributed by atoms with Gasteiger partial charge in [-0.2, -0.15) is 0 Å². The van der Waals surface area contributed by atoms with Gasteiger partial charge in [0.05, 0.1) is 11.9 Å². The maximum absolute atomic E-state index is 12.8. The number of aromatic nitrogens is 2. The van der Waals surface area contributed by atoms with Crippen LogP contribution >= 0.6 is 11.3 Å². The number of piperazine rings is 1. The quantitative estimate of drug-likeness (QED) is 0.633. The van der Waals surface area contributed by atoms with Crippen molar-refractivity contribution in [2.75, 3.05) is 37.6 Å². The summed E-state index contributed by atoms with van der Waals surface area (Å²) in [5.41, 5.74) is 2.93. The summed E-state index contributed by atoms with van der Waals surface area (Å²) >= 11 is 1.38. The van der Waals surface area contributed by atoms with Gasteiger partial charge in [-0.25, -0.2) is 4.98 Å². The third kappa shape index (κ3) is 4.08. The number of hydrogen-bond acceptors (Lipinski definition) is 6. The molecule has 0 aliphatic carbocycles. The number of carbonyl (C=O) groups is 2. The topological polar surface area (TPSA) is 69.6 Å². The second-order valence-corrected chi connectivity index (χ2v) is 8.72. The Labute approximate surface area is 185 Å². The number of thiazole rings is 1. The van der Waals surface area contributed by atoms with Crippen molar-refractivity contribution in [3.63, 3.8) is 0 Å². The Hall–Kier alpha value is -3.10. The van der Waals surface area contributed by atoms with Gasteiger partial charge in [-0.3, -0.25) is 19.5 Å². The van der Waals surface area contributed by atoms with Gasteiger partial charge in [0.15, 0.2) is 5.01 Å². The molecule has 0 saturated carbocycles. The fraction of sp³-hybridized carbons (Fsp3) is 0.304. The lowest BCUT2D eigenvalue weighted by Gasteiger charge is -2.37. The van der Waals surface area contributed by atoms with E-state index in [1.165, 1.54) is 11.3 Å². The van der Waals surface area contributed by atoms with Crippen molar-refractivity contribution in [2.45, 2.75) is 12.5 Å². The average Bonchev–Trinajstić information content (AvgIpc) is 3.50. The van der Waals surface area contributed by atoms with Gasteiger partial charge >= 0.3 is 0 Å². The van der Waals surface area contributed by atoms with Crippen molar-refractivity contribution >= 4 is 28.8 Å². The van der Waals surface area contributed by atoms with Gasteiger partial charge in [0.1, 0.15) is 0 Å². The van der Waals surface area contributed by atoms with Crippen molar-refractivity contribution in [3.8, 4) is 11.1 Å². The normalized spacial score (nSPS) is 19.7. The van der Waals surface area contributed by atoms with Crippen molar-refractivity contribution in [3.05, 3.63) is 65.4 Å². The summed E-state index contributed by atoms with van der Waals surface area (Å²) in [6, 6.07) is 12.3. The summed E-state index contributed by atoms with van der Waals surface area (Å²) in [4.78, 5) is 39.9. The molecule has 2 aliphatic heterocycles. The van der Waals surface area contributed by atoms with E-state index in [0.29, 0.717) is 31.1 Å². The SMILES string of the molecule is O=C(c1nccs1)N1CCN(C2CC(=O)N(c3cncc(-c4ccccc4)c3)C2)CC1. The molecule has 2 saturated heterocycles. The highest BCUT2D eigenvalue weighted by molar-refractivity contribution is 7.11. The van der Waals surface area contributed by atoms with Crippen LogP contribution in [0.2, 0.25) is 0 Å². The molecule has 0 bridgehead atoms. The first-order valence-electron chi connectivity index (χ1n) is 10.4. The van der Waals surface area contributed by atoms with Crippen molar-refractivity contribution < 1.29 is 9.59 Å². The van der Waals surface area contributed by atoms with Gasteiger partial charge in [0.2, 0.25) is 5.91 Å². The number of carbonyl (C=O) groups excluding carboxylic acids is 2. The van der Waals surface area contributed by atoms with Crippen LogP contribution in [0, 0.1) is 0 Å². The molecule has 2 aromatic heterocycles. The molecule has 1 unspecified atom stereocenters. The Balaban J connectivity index is 1.24. The van der Waals surface area contributed by atoms with Gasteiger partial charge in [0, 0.05) is 68.5 Å². The molecule has 2 amide bonds. The van der Waals surface area contributed by atoms with E-state index < -0.39 is 0 Å². The first-order chi connectivity index (χ1) is 15.2. The molecule has 0 spiro atoms. The minimum atomic E-state index is 0.00239. The van der Waals surface area contributed by atoms with Crippen LogP contribution in [0.1, 0.15) is 16.2 Å². The van der Waals surface area contributed by atoms with E-state index in [4.69, 9.17) is 0 Å². The first-order valence-corrected chi connectivity index (χ1v) is 11.3. The molecule has 1 aromatic carbocycles. The minimum absolute atomic E-state index is 0.00239. The fourth-order valence-corrected chi connectivity index (χ4v) is 4.90. The van der Waals surface area contributed by atoms with Gasteiger partial charge in [-0.1, -0.05) is 30.3 Å². The third-order valence-electron chi connectivity index (χ3n) is 5.98. The lowest BCUT2D eigenvalue weighted by atomic mass is 10.1. The molecule has 0 N–H and O–H groups in total. The molecule has 8 heteroatoms. The predicted octanol–water partition coefficient (Wildman–Crippen LogP) is 2.77. The number of anilines is 1. The summed E-state index contributed by atoms with van der Waals surface area (Å²) in [7, 11) is 0. The molecule has 4 heterocycles. The highest BCUT2D eigenvalue weighted by Gasteiger charge is 2.36. The number of benzene rings is 1. The minimum Gasteiger partial charge on any atom is -0.334 e. The monoisotopic (exact) mass is 433 g/mol. The molecule has 3 aromatic rings. The number of hydrogen-bond donors (Lipinski definition) is 0. The zero-order valence-corrected chi connectivity index (χ0v) is 17.9. The molecule has 7 nitrogen and oxygen atoms in total. The van der Waals surface area contributed by atoms with E-state index in [-0.39, 0.29) is 17.9 Å². The van der Waals surface area contributed by atoms with Crippen LogP contribution in [0.3, 0.4) is 0 Å². The smallest absolute Gasteiger partial charge is 0.282 e. The summed E-state index contributed by atoms with van der Waals surface area (Å²) in [6.07, 6.45) is 5.75. The average molecular weight is 434 g/mol. The van der Waals surface area contributed by atoms with Crippen molar-refractivity contribution in [2.24, 2.45) is 0 Å². The Morgan fingerprint density at radius 3 is 2.58 bits per heavy atom. The van der Waals surface area contributed by atoms with Crippen LogP contribution in [-0.2, 0) is 4.79 Å². The second-order valence-electron chi connectivity index (χ2n) is 7.83. The van der Waals surface area contributed by atoms with E-state index in [0.717, 1.165) is 29.9 Å². The Kier molecular flexibility index (Phi) is 5.48.